The van der Waals surface area contributed by atoms with E-state index >= 15 is 0 Å². The lowest BCUT2D eigenvalue weighted by Crippen LogP contribution is -2.27. The number of hydrogen-bond acceptors (Lipinski definition) is 3. The molecule has 5 heteroatoms. The van der Waals surface area contributed by atoms with E-state index in [1.165, 1.54) is 0 Å². The van der Waals surface area contributed by atoms with Gasteiger partial charge in [0.25, 0.3) is 0 Å². The molecule has 2 aromatic rings. The zero-order chi connectivity index (χ0) is 16.4. The first-order chi connectivity index (χ1) is 11.1. The number of methoxy groups -OCH3 is 2. The molecule has 2 aromatic carbocycles. The van der Waals surface area contributed by atoms with Gasteiger partial charge in [0.15, 0.2) is 11.5 Å². The van der Waals surface area contributed by atoms with Gasteiger partial charge in [-0.2, -0.15) is 0 Å². The van der Waals surface area contributed by atoms with Crippen molar-refractivity contribution in [2.45, 2.75) is 18.3 Å². The summed E-state index contributed by atoms with van der Waals surface area (Å²) >= 11 is 3.43. The molecule has 1 saturated carbocycles. The van der Waals surface area contributed by atoms with Crippen molar-refractivity contribution in [3.8, 4) is 11.5 Å². The minimum Gasteiger partial charge on any atom is -0.493 e. The smallest absolute Gasteiger partial charge is 0.235 e. The summed E-state index contributed by atoms with van der Waals surface area (Å²) < 4.78 is 11.5. The number of amides is 1. The number of halogens is 1. The van der Waals surface area contributed by atoms with Crippen LogP contribution in [0.3, 0.4) is 0 Å². The van der Waals surface area contributed by atoms with E-state index in [0.29, 0.717) is 17.2 Å². The summed E-state index contributed by atoms with van der Waals surface area (Å²) in [6.07, 6.45) is 1.74. The molecule has 0 unspecified atom stereocenters. The molecule has 1 aliphatic rings. The van der Waals surface area contributed by atoms with E-state index in [4.69, 9.17) is 9.47 Å². The molecule has 0 bridgehead atoms. The van der Waals surface area contributed by atoms with E-state index in [0.717, 1.165) is 22.9 Å². The number of carbonyl (C=O) groups is 1. The molecule has 0 aliphatic heterocycles. The highest BCUT2D eigenvalue weighted by Crippen LogP contribution is 2.49. The molecule has 3 rings (SSSR count). The van der Waals surface area contributed by atoms with Crippen LogP contribution >= 0.6 is 15.9 Å². The Labute approximate surface area is 143 Å². The van der Waals surface area contributed by atoms with Crippen molar-refractivity contribution >= 4 is 27.5 Å². The predicted molar refractivity (Wildman–Crippen MR) is 93.2 cm³/mol. The minimum atomic E-state index is -0.409. The molecule has 0 heterocycles. The molecule has 1 fully saturated rings. The fourth-order valence-electron chi connectivity index (χ4n) is 2.71. The van der Waals surface area contributed by atoms with Crippen LogP contribution in [0.4, 0.5) is 5.69 Å². The Bertz CT molecular complexity index is 724. The average molecular weight is 376 g/mol. The van der Waals surface area contributed by atoms with Gasteiger partial charge >= 0.3 is 0 Å². The van der Waals surface area contributed by atoms with Gasteiger partial charge in [0, 0.05) is 16.2 Å². The van der Waals surface area contributed by atoms with Gasteiger partial charge in [-0.25, -0.2) is 0 Å². The Morgan fingerprint density at radius 1 is 1.04 bits per heavy atom. The molecule has 120 valence electrons. The van der Waals surface area contributed by atoms with Crippen LogP contribution in [-0.4, -0.2) is 20.1 Å². The molecule has 23 heavy (non-hydrogen) atoms. The van der Waals surface area contributed by atoms with Crippen LogP contribution in [0.5, 0.6) is 11.5 Å². The van der Waals surface area contributed by atoms with E-state index in [-0.39, 0.29) is 5.91 Å². The molecule has 0 aromatic heterocycles. The lowest BCUT2D eigenvalue weighted by atomic mass is 9.95. The number of rotatable bonds is 5. The van der Waals surface area contributed by atoms with Crippen LogP contribution in [0.15, 0.2) is 46.9 Å². The Hall–Kier alpha value is -2.01. The number of hydrogen-bond donors (Lipinski definition) is 1. The monoisotopic (exact) mass is 375 g/mol. The van der Waals surface area contributed by atoms with E-state index in [9.17, 15) is 4.79 Å². The fraction of sp³-hybridized carbons (Fsp3) is 0.278. The van der Waals surface area contributed by atoms with Crippen LogP contribution < -0.4 is 14.8 Å². The third kappa shape index (κ3) is 3.06. The standard InChI is InChI=1S/C18H18BrNO3/c1-22-15-8-7-14(11-16(15)23-2)20-17(21)18(9-10-18)12-3-5-13(19)6-4-12/h3-8,11H,9-10H2,1-2H3,(H,20,21). The van der Waals surface area contributed by atoms with Crippen molar-refractivity contribution in [2.75, 3.05) is 19.5 Å². The molecule has 0 saturated heterocycles. The first-order valence-corrected chi connectivity index (χ1v) is 8.18. The molecule has 0 spiro atoms. The van der Waals surface area contributed by atoms with Crippen molar-refractivity contribution in [1.82, 2.24) is 0 Å². The van der Waals surface area contributed by atoms with Crippen LogP contribution in [0, 0.1) is 0 Å². The van der Waals surface area contributed by atoms with Crippen molar-refractivity contribution in [3.05, 3.63) is 52.5 Å². The molecule has 1 N–H and O–H groups in total. The maximum absolute atomic E-state index is 12.7. The Balaban J connectivity index is 1.80. The normalized spacial score (nSPS) is 14.9. The second kappa shape index (κ2) is 6.24. The SMILES string of the molecule is COc1ccc(NC(=O)C2(c3ccc(Br)cc3)CC2)cc1OC. The molecular formula is C18H18BrNO3. The summed E-state index contributed by atoms with van der Waals surface area (Å²) in [6.45, 7) is 0. The van der Waals surface area contributed by atoms with Crippen LogP contribution in [0.2, 0.25) is 0 Å². The largest absolute Gasteiger partial charge is 0.493 e. The highest BCUT2D eigenvalue weighted by molar-refractivity contribution is 9.10. The van der Waals surface area contributed by atoms with Gasteiger partial charge < -0.3 is 14.8 Å². The van der Waals surface area contributed by atoms with E-state index < -0.39 is 5.41 Å². The summed E-state index contributed by atoms with van der Waals surface area (Å²) in [6, 6.07) is 13.3. The van der Waals surface area contributed by atoms with Crippen molar-refractivity contribution in [2.24, 2.45) is 0 Å². The van der Waals surface area contributed by atoms with Gasteiger partial charge in [0.05, 0.1) is 19.6 Å². The molecule has 0 radical (unpaired) electrons. The third-order valence-corrected chi connectivity index (χ3v) is 4.75. The Morgan fingerprint density at radius 2 is 1.70 bits per heavy atom. The van der Waals surface area contributed by atoms with Crippen LogP contribution in [-0.2, 0) is 10.2 Å². The highest BCUT2D eigenvalue weighted by Gasteiger charge is 2.51. The zero-order valence-electron chi connectivity index (χ0n) is 13.1. The van der Waals surface area contributed by atoms with Gasteiger partial charge in [-0.05, 0) is 42.7 Å². The van der Waals surface area contributed by atoms with Crippen LogP contribution in [0.25, 0.3) is 0 Å². The molecule has 0 atom stereocenters. The maximum atomic E-state index is 12.7. The van der Waals surface area contributed by atoms with Gasteiger partial charge in [0.1, 0.15) is 0 Å². The topological polar surface area (TPSA) is 47.6 Å². The summed E-state index contributed by atoms with van der Waals surface area (Å²) in [4.78, 5) is 12.7. The second-order valence-corrected chi connectivity index (χ2v) is 6.53. The quantitative estimate of drug-likeness (QED) is 0.854. The predicted octanol–water partition coefficient (Wildman–Crippen LogP) is 4.14. The first-order valence-electron chi connectivity index (χ1n) is 7.38. The van der Waals surface area contributed by atoms with Gasteiger partial charge in [0.2, 0.25) is 5.91 Å². The number of nitrogens with one attached hydrogen (secondary N) is 1. The summed E-state index contributed by atoms with van der Waals surface area (Å²) in [7, 11) is 3.16. The number of anilines is 1. The maximum Gasteiger partial charge on any atom is 0.235 e. The molecule has 4 nitrogen and oxygen atoms in total. The lowest BCUT2D eigenvalue weighted by Gasteiger charge is -2.17. The molecule has 1 aliphatic carbocycles. The van der Waals surface area contributed by atoms with Crippen molar-refractivity contribution in [3.63, 3.8) is 0 Å². The average Bonchev–Trinajstić information content (AvgIpc) is 3.37. The number of ether oxygens (including phenoxy) is 2. The number of carbonyl (C=O) groups excluding carboxylic acids is 1. The summed E-state index contributed by atoms with van der Waals surface area (Å²) in [5.41, 5.74) is 1.35. The Kier molecular flexibility index (Phi) is 4.31. The molecule has 1 amide bonds. The fourth-order valence-corrected chi connectivity index (χ4v) is 2.97. The Morgan fingerprint density at radius 3 is 2.26 bits per heavy atom. The van der Waals surface area contributed by atoms with Crippen molar-refractivity contribution < 1.29 is 14.3 Å². The summed E-state index contributed by atoms with van der Waals surface area (Å²) in [5.74, 6) is 1.25. The lowest BCUT2D eigenvalue weighted by molar-refractivity contribution is -0.118. The third-order valence-electron chi connectivity index (χ3n) is 4.22. The zero-order valence-corrected chi connectivity index (χ0v) is 14.6. The highest BCUT2D eigenvalue weighted by atomic mass is 79.9. The molecular weight excluding hydrogens is 358 g/mol. The van der Waals surface area contributed by atoms with E-state index in [1.54, 1.807) is 26.4 Å². The van der Waals surface area contributed by atoms with Gasteiger partial charge in [-0.3, -0.25) is 4.79 Å². The van der Waals surface area contributed by atoms with Crippen LogP contribution in [0.1, 0.15) is 18.4 Å². The van der Waals surface area contributed by atoms with Gasteiger partial charge in [-0.1, -0.05) is 28.1 Å². The van der Waals surface area contributed by atoms with E-state index in [1.807, 2.05) is 30.3 Å². The van der Waals surface area contributed by atoms with Crippen molar-refractivity contribution in [1.29, 1.82) is 0 Å². The summed E-state index contributed by atoms with van der Waals surface area (Å²) in [5, 5.41) is 3.00. The van der Waals surface area contributed by atoms with Gasteiger partial charge in [-0.15, -0.1) is 0 Å². The minimum absolute atomic E-state index is 0.0204. The number of benzene rings is 2. The first kappa shape index (κ1) is 15.9. The van der Waals surface area contributed by atoms with E-state index in [2.05, 4.69) is 21.2 Å². The second-order valence-electron chi connectivity index (χ2n) is 5.61.